The summed E-state index contributed by atoms with van der Waals surface area (Å²) in [5, 5.41) is 0. The lowest BCUT2D eigenvalue weighted by atomic mass is 9.59. The van der Waals surface area contributed by atoms with Gasteiger partial charge in [-0.2, -0.15) is 0 Å². The van der Waals surface area contributed by atoms with E-state index in [1.807, 2.05) is 0 Å². The third-order valence-electron chi connectivity index (χ3n) is 7.33. The van der Waals surface area contributed by atoms with Gasteiger partial charge >= 0.3 is 0 Å². The molecule has 2 aliphatic rings. The smallest absolute Gasteiger partial charge is 0.110 e. The number of hydrogen-bond acceptors (Lipinski definition) is 2. The molecule has 1 aliphatic carbocycles. The highest BCUT2D eigenvalue weighted by Gasteiger charge is 2.42. The summed E-state index contributed by atoms with van der Waals surface area (Å²) in [6.45, 7) is 16.1. The van der Waals surface area contributed by atoms with Gasteiger partial charge in [-0.15, -0.1) is 0 Å². The fraction of sp³-hybridized carbons (Fsp3) is 0.286. The van der Waals surface area contributed by atoms with E-state index in [1.165, 1.54) is 44.9 Å². The summed E-state index contributed by atoms with van der Waals surface area (Å²) < 4.78 is 0. The molecule has 3 aromatic rings. The fourth-order valence-corrected chi connectivity index (χ4v) is 5.47. The molecule has 0 saturated carbocycles. The lowest BCUT2D eigenvalue weighted by molar-refractivity contribution is 0.520. The number of hydrogen-bond donors (Lipinski definition) is 0. The maximum Gasteiger partial charge on any atom is 0.110 e. The van der Waals surface area contributed by atoms with Gasteiger partial charge in [0.05, 0.1) is 17.1 Å². The van der Waals surface area contributed by atoms with Crippen molar-refractivity contribution in [2.45, 2.75) is 45.4 Å². The third kappa shape index (κ3) is 2.31. The summed E-state index contributed by atoms with van der Waals surface area (Å²) in [6.07, 6.45) is 0. The van der Waals surface area contributed by atoms with Crippen molar-refractivity contribution in [3.05, 3.63) is 101 Å². The third-order valence-corrected chi connectivity index (χ3v) is 7.33. The van der Waals surface area contributed by atoms with Crippen LogP contribution in [0.5, 0.6) is 0 Å². The van der Waals surface area contributed by atoms with E-state index < -0.39 is 0 Å². The first-order valence-electron chi connectivity index (χ1n) is 10.7. The Bertz CT molecular complexity index is 1200. The molecule has 3 aromatic carbocycles. The molecule has 0 fully saturated rings. The number of anilines is 3. The van der Waals surface area contributed by atoms with Gasteiger partial charge in [0.1, 0.15) is 5.82 Å². The van der Waals surface area contributed by atoms with Crippen LogP contribution in [0, 0.1) is 6.92 Å². The molecule has 0 unspecified atom stereocenters. The Kier molecular flexibility index (Phi) is 3.80. The molecule has 0 radical (unpaired) electrons. The summed E-state index contributed by atoms with van der Waals surface area (Å²) in [6, 6.07) is 22.3. The van der Waals surface area contributed by atoms with E-state index in [4.69, 9.17) is 0 Å². The Hall–Kier alpha value is -3.00. The number of rotatable bonds is 1. The zero-order valence-corrected chi connectivity index (χ0v) is 18.9. The van der Waals surface area contributed by atoms with Gasteiger partial charge in [-0.05, 0) is 52.9 Å². The highest BCUT2D eigenvalue weighted by molar-refractivity contribution is 5.89. The van der Waals surface area contributed by atoms with Crippen LogP contribution in [0.1, 0.15) is 55.5 Å². The highest BCUT2D eigenvalue weighted by atomic mass is 15.4. The minimum Gasteiger partial charge on any atom is -0.329 e. The number of para-hydroxylation sites is 2. The molecule has 0 aromatic heterocycles. The van der Waals surface area contributed by atoms with Crippen molar-refractivity contribution in [2.24, 2.45) is 0 Å². The first-order valence-corrected chi connectivity index (χ1v) is 10.7. The quantitative estimate of drug-likeness (QED) is 0.437. The van der Waals surface area contributed by atoms with Crippen molar-refractivity contribution in [1.82, 2.24) is 0 Å². The topological polar surface area (TPSA) is 6.48 Å². The highest BCUT2D eigenvalue weighted by Crippen LogP contribution is 2.53. The van der Waals surface area contributed by atoms with E-state index in [0.29, 0.717) is 0 Å². The van der Waals surface area contributed by atoms with Crippen LogP contribution in [0.25, 0.3) is 0 Å². The van der Waals surface area contributed by atoms with Gasteiger partial charge < -0.3 is 4.90 Å². The van der Waals surface area contributed by atoms with Gasteiger partial charge in [-0.3, -0.25) is 4.90 Å². The Labute approximate surface area is 180 Å². The second kappa shape index (κ2) is 6.01. The second-order valence-corrected chi connectivity index (χ2v) is 9.78. The summed E-state index contributed by atoms with van der Waals surface area (Å²) >= 11 is 0. The van der Waals surface area contributed by atoms with Crippen molar-refractivity contribution in [1.29, 1.82) is 0 Å². The van der Waals surface area contributed by atoms with Crippen molar-refractivity contribution in [3.8, 4) is 0 Å². The van der Waals surface area contributed by atoms with Crippen LogP contribution in [-0.4, -0.2) is 7.05 Å². The van der Waals surface area contributed by atoms with Crippen LogP contribution in [0.4, 0.5) is 17.1 Å². The number of aryl methyl sites for hydroxylation is 1. The Balaban J connectivity index is 1.77. The molecule has 1 heterocycles. The van der Waals surface area contributed by atoms with Crippen LogP contribution >= 0.6 is 0 Å². The normalized spacial score (nSPS) is 18.1. The van der Waals surface area contributed by atoms with Crippen LogP contribution in [0.15, 0.2) is 73.1 Å². The summed E-state index contributed by atoms with van der Waals surface area (Å²) in [5.41, 5.74) is 10.5. The molecule has 2 heteroatoms. The predicted molar refractivity (Wildman–Crippen MR) is 128 cm³/mol. The van der Waals surface area contributed by atoms with E-state index >= 15 is 0 Å². The summed E-state index contributed by atoms with van der Waals surface area (Å²) in [4.78, 5) is 4.49. The molecule has 0 bridgehead atoms. The minimum atomic E-state index is -0.0592. The fourth-order valence-electron chi connectivity index (χ4n) is 5.47. The van der Waals surface area contributed by atoms with Gasteiger partial charge in [0.15, 0.2) is 0 Å². The van der Waals surface area contributed by atoms with Crippen molar-refractivity contribution >= 4 is 17.1 Å². The SMILES string of the molecule is C=C1N(C)c2ccccc2N1c1cc2c(cc1C)C(C)(C)c1ccccc1C2(C)C. The molecular formula is C28H30N2. The average molecular weight is 395 g/mol. The van der Waals surface area contributed by atoms with Crippen LogP contribution < -0.4 is 9.80 Å². The molecule has 0 atom stereocenters. The lowest BCUT2D eigenvalue weighted by Crippen LogP contribution is -2.37. The molecule has 1 aliphatic heterocycles. The van der Waals surface area contributed by atoms with Gasteiger partial charge in [0.25, 0.3) is 0 Å². The monoisotopic (exact) mass is 394 g/mol. The Morgan fingerprint density at radius 2 is 1.17 bits per heavy atom. The molecule has 152 valence electrons. The minimum absolute atomic E-state index is 0.0263. The zero-order chi connectivity index (χ0) is 21.4. The van der Waals surface area contributed by atoms with Crippen LogP contribution in [0.3, 0.4) is 0 Å². The molecule has 30 heavy (non-hydrogen) atoms. The molecular weight excluding hydrogens is 364 g/mol. The maximum absolute atomic E-state index is 4.41. The van der Waals surface area contributed by atoms with E-state index in [-0.39, 0.29) is 10.8 Å². The predicted octanol–water partition coefficient (Wildman–Crippen LogP) is 7.02. The van der Waals surface area contributed by atoms with Crippen LogP contribution in [-0.2, 0) is 10.8 Å². The number of fused-ring (bicyclic) bond motifs is 3. The molecule has 0 spiro atoms. The molecule has 0 amide bonds. The maximum atomic E-state index is 4.41. The van der Waals surface area contributed by atoms with Crippen molar-refractivity contribution in [2.75, 3.05) is 16.8 Å². The van der Waals surface area contributed by atoms with Gasteiger partial charge in [-0.25, -0.2) is 0 Å². The lowest BCUT2D eigenvalue weighted by Gasteiger charge is -2.44. The first-order chi connectivity index (χ1) is 14.2. The van der Waals surface area contributed by atoms with E-state index in [9.17, 15) is 0 Å². The van der Waals surface area contributed by atoms with Crippen molar-refractivity contribution < 1.29 is 0 Å². The largest absolute Gasteiger partial charge is 0.329 e. The van der Waals surface area contributed by atoms with E-state index in [1.54, 1.807) is 0 Å². The van der Waals surface area contributed by atoms with E-state index in [0.717, 1.165) is 5.82 Å². The zero-order valence-electron chi connectivity index (χ0n) is 18.9. The average Bonchev–Trinajstić information content (AvgIpc) is 2.97. The second-order valence-electron chi connectivity index (χ2n) is 9.78. The molecule has 5 rings (SSSR count). The molecule has 2 nitrogen and oxygen atoms in total. The summed E-state index contributed by atoms with van der Waals surface area (Å²) in [7, 11) is 2.10. The number of nitrogens with zero attached hydrogens (tertiary/aromatic N) is 2. The molecule has 0 N–H and O–H groups in total. The Morgan fingerprint density at radius 1 is 0.667 bits per heavy atom. The van der Waals surface area contributed by atoms with Crippen LogP contribution in [0.2, 0.25) is 0 Å². The standard InChI is InChI=1S/C28H30N2/c1-18-16-22-23(28(5,6)21-13-9-8-12-20(21)27(22,3)4)17-26(18)30-19(2)29(7)24-14-10-11-15-25(24)30/h8-17H,2H2,1,3-7H3. The summed E-state index contributed by atoms with van der Waals surface area (Å²) in [5.74, 6) is 0.993. The number of benzene rings is 3. The van der Waals surface area contributed by atoms with E-state index in [2.05, 4.69) is 119 Å². The first kappa shape index (κ1) is 19.0. The Morgan fingerprint density at radius 3 is 1.77 bits per heavy atom. The van der Waals surface area contributed by atoms with Gasteiger partial charge in [0, 0.05) is 17.9 Å². The molecule has 0 saturated heterocycles. The van der Waals surface area contributed by atoms with Crippen molar-refractivity contribution in [3.63, 3.8) is 0 Å². The van der Waals surface area contributed by atoms with Gasteiger partial charge in [0.2, 0.25) is 0 Å². The van der Waals surface area contributed by atoms with Gasteiger partial charge in [-0.1, -0.05) is 76.7 Å².